The van der Waals surface area contributed by atoms with E-state index in [1.54, 1.807) is 30.3 Å². The Hall–Kier alpha value is -2.04. The highest BCUT2D eigenvalue weighted by Crippen LogP contribution is 2.21. The second-order valence-electron chi connectivity index (χ2n) is 4.21. The summed E-state index contributed by atoms with van der Waals surface area (Å²) in [6.45, 7) is 0.179. The molecule has 2 N–H and O–H groups in total. The van der Waals surface area contributed by atoms with Crippen molar-refractivity contribution in [3.63, 3.8) is 0 Å². The maximum atomic E-state index is 10.8. The molecule has 0 unspecified atom stereocenters. The van der Waals surface area contributed by atoms with E-state index in [4.69, 9.17) is 26.6 Å². The van der Waals surface area contributed by atoms with Crippen molar-refractivity contribution in [1.82, 2.24) is 0 Å². The lowest BCUT2D eigenvalue weighted by atomic mass is 10.1. The molecule has 0 heterocycles. The molecule has 0 aliphatic heterocycles. The monoisotopic (exact) mass is 292 g/mol. The zero-order valence-electron chi connectivity index (χ0n) is 10.5. The van der Waals surface area contributed by atoms with Crippen molar-refractivity contribution >= 4 is 17.6 Å². The van der Waals surface area contributed by atoms with Gasteiger partial charge in [-0.2, -0.15) is 0 Å². The first-order valence-corrected chi connectivity index (χ1v) is 6.32. The number of aromatic carboxylic acids is 1. The second-order valence-corrected chi connectivity index (χ2v) is 4.61. The zero-order chi connectivity index (χ0) is 14.5. The standard InChI is InChI=1S/C15H13ClO4/c16-14-7-11(15(18)19)4-5-12(14)9-20-13-3-1-2-10(6-13)8-17/h1-7,17H,8-9H2,(H,18,19). The van der Waals surface area contributed by atoms with E-state index in [2.05, 4.69) is 0 Å². The zero-order valence-corrected chi connectivity index (χ0v) is 11.3. The SMILES string of the molecule is O=C(O)c1ccc(COc2cccc(CO)c2)c(Cl)c1. The van der Waals surface area contributed by atoms with Crippen LogP contribution in [-0.4, -0.2) is 16.2 Å². The largest absolute Gasteiger partial charge is 0.489 e. The van der Waals surface area contributed by atoms with Gasteiger partial charge in [0, 0.05) is 10.6 Å². The van der Waals surface area contributed by atoms with Crippen LogP contribution in [0.3, 0.4) is 0 Å². The summed E-state index contributed by atoms with van der Waals surface area (Å²) in [5.41, 5.74) is 1.60. The van der Waals surface area contributed by atoms with E-state index in [0.29, 0.717) is 16.3 Å². The third-order valence-electron chi connectivity index (χ3n) is 2.78. The molecule has 0 atom stereocenters. The molecule has 2 aromatic rings. The van der Waals surface area contributed by atoms with Crippen LogP contribution in [-0.2, 0) is 13.2 Å². The molecule has 4 nitrogen and oxygen atoms in total. The van der Waals surface area contributed by atoms with E-state index >= 15 is 0 Å². The third kappa shape index (κ3) is 3.50. The Balaban J connectivity index is 2.08. The van der Waals surface area contributed by atoms with Crippen LogP contribution < -0.4 is 4.74 Å². The van der Waals surface area contributed by atoms with Crippen LogP contribution in [0, 0.1) is 0 Å². The quantitative estimate of drug-likeness (QED) is 0.888. The van der Waals surface area contributed by atoms with Gasteiger partial charge in [0.15, 0.2) is 0 Å². The summed E-state index contributed by atoms with van der Waals surface area (Å²) in [4.78, 5) is 10.8. The molecule has 0 aliphatic rings. The second kappa shape index (κ2) is 6.41. The van der Waals surface area contributed by atoms with E-state index in [-0.39, 0.29) is 18.8 Å². The molecule has 0 saturated carbocycles. The molecule has 0 amide bonds. The van der Waals surface area contributed by atoms with Crippen molar-refractivity contribution in [2.75, 3.05) is 0 Å². The van der Waals surface area contributed by atoms with Crippen LogP contribution in [0.15, 0.2) is 42.5 Å². The van der Waals surface area contributed by atoms with Gasteiger partial charge in [-0.3, -0.25) is 0 Å². The number of hydrogen-bond acceptors (Lipinski definition) is 3. The Kier molecular flexibility index (Phi) is 4.61. The lowest BCUT2D eigenvalue weighted by Crippen LogP contribution is -2.00. The molecule has 0 aliphatic carbocycles. The molecule has 0 aromatic heterocycles. The minimum Gasteiger partial charge on any atom is -0.489 e. The predicted octanol–water partition coefficient (Wildman–Crippen LogP) is 3.11. The first-order chi connectivity index (χ1) is 9.60. The van der Waals surface area contributed by atoms with Crippen LogP contribution >= 0.6 is 11.6 Å². The van der Waals surface area contributed by atoms with E-state index in [9.17, 15) is 4.79 Å². The van der Waals surface area contributed by atoms with Crippen molar-refractivity contribution in [2.45, 2.75) is 13.2 Å². The Bertz CT molecular complexity index is 625. The Morgan fingerprint density at radius 1 is 1.20 bits per heavy atom. The molecular formula is C15H13ClO4. The van der Waals surface area contributed by atoms with Gasteiger partial charge in [-0.1, -0.05) is 29.8 Å². The van der Waals surface area contributed by atoms with Crippen LogP contribution in [0.5, 0.6) is 5.75 Å². The molecule has 20 heavy (non-hydrogen) atoms. The summed E-state index contributed by atoms with van der Waals surface area (Å²) in [7, 11) is 0. The summed E-state index contributed by atoms with van der Waals surface area (Å²) in [5, 5.41) is 18.2. The summed E-state index contributed by atoms with van der Waals surface area (Å²) in [6, 6.07) is 11.6. The molecule has 2 aromatic carbocycles. The van der Waals surface area contributed by atoms with E-state index in [1.165, 1.54) is 12.1 Å². The minimum absolute atomic E-state index is 0.0503. The Morgan fingerprint density at radius 2 is 2.00 bits per heavy atom. The van der Waals surface area contributed by atoms with Crippen molar-refractivity contribution in [1.29, 1.82) is 0 Å². The van der Waals surface area contributed by atoms with Gasteiger partial charge < -0.3 is 14.9 Å². The smallest absolute Gasteiger partial charge is 0.335 e. The van der Waals surface area contributed by atoms with Gasteiger partial charge in [0.05, 0.1) is 12.2 Å². The summed E-state index contributed by atoms with van der Waals surface area (Å²) in [6.07, 6.45) is 0. The van der Waals surface area contributed by atoms with Gasteiger partial charge in [0.1, 0.15) is 12.4 Å². The summed E-state index contributed by atoms with van der Waals surface area (Å²) in [5.74, 6) is -0.398. The lowest BCUT2D eigenvalue weighted by Gasteiger charge is -2.09. The molecule has 0 fully saturated rings. The van der Waals surface area contributed by atoms with Crippen LogP contribution in [0.4, 0.5) is 0 Å². The molecule has 0 spiro atoms. The predicted molar refractivity (Wildman–Crippen MR) is 75.1 cm³/mol. The van der Waals surface area contributed by atoms with Gasteiger partial charge >= 0.3 is 5.97 Å². The fraction of sp³-hybridized carbons (Fsp3) is 0.133. The van der Waals surface area contributed by atoms with Gasteiger partial charge in [-0.05, 0) is 29.8 Å². The number of carboxylic acid groups (broad SMARTS) is 1. The number of carboxylic acids is 1. The van der Waals surface area contributed by atoms with Gasteiger partial charge in [-0.25, -0.2) is 4.79 Å². The van der Waals surface area contributed by atoms with Gasteiger partial charge in [-0.15, -0.1) is 0 Å². The number of carbonyl (C=O) groups is 1. The number of ether oxygens (including phenoxy) is 1. The Morgan fingerprint density at radius 3 is 2.65 bits per heavy atom. The van der Waals surface area contributed by atoms with E-state index in [1.807, 2.05) is 0 Å². The highest BCUT2D eigenvalue weighted by Gasteiger charge is 2.07. The highest BCUT2D eigenvalue weighted by molar-refractivity contribution is 6.31. The van der Waals surface area contributed by atoms with Gasteiger partial charge in [0.25, 0.3) is 0 Å². The number of rotatable bonds is 5. The topological polar surface area (TPSA) is 66.8 Å². The van der Waals surface area contributed by atoms with Gasteiger partial charge in [0.2, 0.25) is 0 Å². The average molecular weight is 293 g/mol. The normalized spacial score (nSPS) is 10.3. The lowest BCUT2D eigenvalue weighted by molar-refractivity contribution is 0.0697. The van der Waals surface area contributed by atoms with Crippen molar-refractivity contribution < 1.29 is 19.7 Å². The van der Waals surface area contributed by atoms with E-state index < -0.39 is 5.97 Å². The average Bonchev–Trinajstić information content (AvgIpc) is 2.46. The maximum absolute atomic E-state index is 10.8. The summed E-state index contributed by atoms with van der Waals surface area (Å²) >= 11 is 6.01. The number of aliphatic hydroxyl groups excluding tert-OH is 1. The first kappa shape index (κ1) is 14.4. The van der Waals surface area contributed by atoms with Crippen molar-refractivity contribution in [3.05, 3.63) is 64.2 Å². The minimum atomic E-state index is -1.02. The van der Waals surface area contributed by atoms with Crippen LogP contribution in [0.1, 0.15) is 21.5 Å². The molecule has 0 radical (unpaired) electrons. The molecule has 0 bridgehead atoms. The number of hydrogen-bond donors (Lipinski definition) is 2. The number of halogens is 1. The first-order valence-electron chi connectivity index (χ1n) is 5.94. The van der Waals surface area contributed by atoms with Crippen molar-refractivity contribution in [2.24, 2.45) is 0 Å². The summed E-state index contributed by atoms with van der Waals surface area (Å²) < 4.78 is 5.57. The molecular weight excluding hydrogens is 280 g/mol. The highest BCUT2D eigenvalue weighted by atomic mass is 35.5. The number of aliphatic hydroxyl groups is 1. The Labute approximate surface area is 121 Å². The van der Waals surface area contributed by atoms with Crippen LogP contribution in [0.25, 0.3) is 0 Å². The fourth-order valence-electron chi connectivity index (χ4n) is 1.69. The molecule has 5 heteroatoms. The van der Waals surface area contributed by atoms with Crippen LogP contribution in [0.2, 0.25) is 5.02 Å². The fourth-order valence-corrected chi connectivity index (χ4v) is 1.93. The molecule has 104 valence electrons. The maximum Gasteiger partial charge on any atom is 0.335 e. The third-order valence-corrected chi connectivity index (χ3v) is 3.13. The van der Waals surface area contributed by atoms with E-state index in [0.717, 1.165) is 5.56 Å². The molecule has 2 rings (SSSR count). The molecule has 0 saturated heterocycles. The van der Waals surface area contributed by atoms with Crippen molar-refractivity contribution in [3.8, 4) is 5.75 Å². The number of benzene rings is 2.